The third-order valence-electron chi connectivity index (χ3n) is 6.07. The van der Waals surface area contributed by atoms with Crippen LogP contribution < -0.4 is 4.74 Å². The van der Waals surface area contributed by atoms with Gasteiger partial charge in [-0.05, 0) is 48.4 Å². The summed E-state index contributed by atoms with van der Waals surface area (Å²) in [7, 11) is 0. The van der Waals surface area contributed by atoms with E-state index in [9.17, 15) is 14.7 Å². The Morgan fingerprint density at radius 2 is 1.86 bits per heavy atom. The van der Waals surface area contributed by atoms with E-state index in [-0.39, 0.29) is 17.9 Å². The molecule has 1 fully saturated rings. The van der Waals surface area contributed by atoms with Crippen LogP contribution in [0.4, 0.5) is 0 Å². The van der Waals surface area contributed by atoms with Crippen LogP contribution >= 0.6 is 0 Å². The predicted octanol–water partition coefficient (Wildman–Crippen LogP) is 5.42. The first-order valence-electron chi connectivity index (χ1n) is 11.5. The summed E-state index contributed by atoms with van der Waals surface area (Å²) >= 11 is 0. The first-order chi connectivity index (χ1) is 16.9. The van der Waals surface area contributed by atoms with Crippen LogP contribution in [0.2, 0.25) is 0 Å². The number of ether oxygens (including phenoxy) is 1. The van der Waals surface area contributed by atoms with E-state index in [1.807, 2.05) is 24.3 Å². The number of nitrogens with one attached hydrogen (secondary N) is 1. The van der Waals surface area contributed by atoms with Gasteiger partial charge in [-0.25, -0.2) is 0 Å². The monoisotopic (exact) mass is 470 g/mol. The second-order valence-electron chi connectivity index (χ2n) is 9.03. The van der Waals surface area contributed by atoms with Gasteiger partial charge in [0.25, 0.3) is 11.7 Å². The zero-order chi connectivity index (χ0) is 24.5. The van der Waals surface area contributed by atoms with Gasteiger partial charge in [-0.2, -0.15) is 0 Å². The number of ketones is 1. The Kier molecular flexibility index (Phi) is 5.91. The van der Waals surface area contributed by atoms with E-state index >= 15 is 0 Å². The second-order valence-corrected chi connectivity index (χ2v) is 9.03. The number of carbonyl (C=O) groups excluding carboxylic acids is 2. The summed E-state index contributed by atoms with van der Waals surface area (Å²) in [6.45, 7) is 4.80. The largest absolute Gasteiger partial charge is 0.507 e. The zero-order valence-corrected chi connectivity index (χ0v) is 19.5. The van der Waals surface area contributed by atoms with E-state index in [4.69, 9.17) is 9.15 Å². The van der Waals surface area contributed by atoms with Crippen LogP contribution in [0.3, 0.4) is 0 Å². The number of aliphatic hydroxyl groups excluding tert-OH is 1. The van der Waals surface area contributed by atoms with Crippen molar-refractivity contribution in [2.24, 2.45) is 5.92 Å². The number of aromatic nitrogens is 1. The molecule has 4 aromatic rings. The highest BCUT2D eigenvalue weighted by Crippen LogP contribution is 2.42. The summed E-state index contributed by atoms with van der Waals surface area (Å²) in [4.78, 5) is 31.1. The maximum Gasteiger partial charge on any atom is 0.296 e. The minimum Gasteiger partial charge on any atom is -0.507 e. The van der Waals surface area contributed by atoms with Crippen molar-refractivity contribution in [3.63, 3.8) is 0 Å². The number of furan rings is 1. The molecule has 0 aliphatic carbocycles. The van der Waals surface area contributed by atoms with E-state index in [0.29, 0.717) is 29.6 Å². The van der Waals surface area contributed by atoms with E-state index in [0.717, 1.165) is 16.5 Å². The van der Waals surface area contributed by atoms with Crippen molar-refractivity contribution < 1.29 is 23.8 Å². The normalized spacial score (nSPS) is 17.6. The van der Waals surface area contributed by atoms with Gasteiger partial charge in [0.2, 0.25) is 0 Å². The molecule has 35 heavy (non-hydrogen) atoms. The van der Waals surface area contributed by atoms with Crippen LogP contribution in [0.5, 0.6) is 5.75 Å². The Morgan fingerprint density at radius 1 is 1.09 bits per heavy atom. The van der Waals surface area contributed by atoms with Crippen molar-refractivity contribution in [2.75, 3.05) is 6.61 Å². The number of carbonyl (C=O) groups is 2. The van der Waals surface area contributed by atoms with Crippen molar-refractivity contribution >= 4 is 28.4 Å². The summed E-state index contributed by atoms with van der Waals surface area (Å²) in [6.07, 6.45) is 3.31. The van der Waals surface area contributed by atoms with E-state index in [1.165, 1.54) is 11.2 Å². The fourth-order valence-electron chi connectivity index (χ4n) is 4.38. The van der Waals surface area contributed by atoms with E-state index in [2.05, 4.69) is 18.8 Å². The van der Waals surface area contributed by atoms with Crippen LogP contribution in [0.25, 0.3) is 16.7 Å². The highest BCUT2D eigenvalue weighted by molar-refractivity contribution is 6.46. The molecule has 5 rings (SSSR count). The van der Waals surface area contributed by atoms with Gasteiger partial charge in [-0.3, -0.25) is 9.59 Å². The number of rotatable bonds is 7. The molecule has 0 bridgehead atoms. The Hall–Kier alpha value is -4.26. The Labute approximate surface area is 202 Å². The van der Waals surface area contributed by atoms with Crippen molar-refractivity contribution in [3.8, 4) is 5.75 Å². The van der Waals surface area contributed by atoms with Crippen molar-refractivity contribution in [1.82, 2.24) is 9.88 Å². The van der Waals surface area contributed by atoms with Gasteiger partial charge in [-0.1, -0.05) is 32.0 Å². The highest BCUT2D eigenvalue weighted by Gasteiger charge is 2.47. The lowest BCUT2D eigenvalue weighted by Gasteiger charge is -2.24. The van der Waals surface area contributed by atoms with Crippen molar-refractivity contribution in [3.05, 3.63) is 95.6 Å². The third kappa shape index (κ3) is 4.21. The number of hydrogen-bond donors (Lipinski definition) is 2. The Bertz CT molecular complexity index is 1400. The molecule has 1 amide bonds. The Morgan fingerprint density at radius 3 is 2.57 bits per heavy atom. The highest BCUT2D eigenvalue weighted by atomic mass is 16.5. The minimum atomic E-state index is -0.784. The fraction of sp³-hybridized carbons (Fsp3) is 0.214. The average molecular weight is 471 g/mol. The molecule has 3 heterocycles. The lowest BCUT2D eigenvalue weighted by Crippen LogP contribution is -2.29. The van der Waals surface area contributed by atoms with Gasteiger partial charge in [0.1, 0.15) is 17.3 Å². The molecule has 7 nitrogen and oxygen atoms in total. The van der Waals surface area contributed by atoms with E-state index < -0.39 is 17.7 Å². The lowest BCUT2D eigenvalue weighted by molar-refractivity contribution is -0.140. The quantitative estimate of drug-likeness (QED) is 0.214. The molecular weight excluding hydrogens is 444 g/mol. The standard InChI is InChI=1S/C28H26N2O5/c1-17(2)16-35-19-11-9-18(10-12-19)26(31)24-25(22-14-29-23-8-4-3-7-21(22)23)30(28(33)27(24)32)15-20-6-5-13-34-20/h3-14,17,25,29,31H,15-16H2,1-2H3/b26-24+. The number of hydrogen-bond acceptors (Lipinski definition) is 5. The summed E-state index contributed by atoms with van der Waals surface area (Å²) in [5, 5.41) is 12.2. The van der Waals surface area contributed by atoms with E-state index in [1.54, 1.807) is 42.6 Å². The van der Waals surface area contributed by atoms with Crippen molar-refractivity contribution in [2.45, 2.75) is 26.4 Å². The molecule has 1 aliphatic heterocycles. The molecule has 1 unspecified atom stereocenters. The molecule has 0 spiro atoms. The van der Waals surface area contributed by atoms with Gasteiger partial charge in [0, 0.05) is 28.2 Å². The first-order valence-corrected chi connectivity index (χ1v) is 11.5. The zero-order valence-electron chi connectivity index (χ0n) is 19.5. The van der Waals surface area contributed by atoms with Crippen LogP contribution in [-0.4, -0.2) is 33.3 Å². The SMILES string of the molecule is CC(C)COc1ccc(/C(O)=C2\C(=O)C(=O)N(Cc3ccco3)C2c2c[nH]c3ccccc23)cc1. The lowest BCUT2D eigenvalue weighted by atomic mass is 9.95. The third-order valence-corrected chi connectivity index (χ3v) is 6.07. The molecule has 7 heteroatoms. The number of benzene rings is 2. The first kappa shape index (κ1) is 22.5. The van der Waals surface area contributed by atoms with Gasteiger partial charge < -0.3 is 24.1 Å². The molecule has 0 saturated carbocycles. The number of para-hydroxylation sites is 1. The number of likely N-dealkylation sites (tertiary alicyclic amines) is 1. The average Bonchev–Trinajstić information content (AvgIpc) is 3.58. The number of Topliss-reactive ketones (excluding diaryl/α,β-unsaturated/α-hetero) is 1. The van der Waals surface area contributed by atoms with Crippen molar-refractivity contribution in [1.29, 1.82) is 0 Å². The van der Waals surface area contributed by atoms with Gasteiger partial charge in [0.15, 0.2) is 0 Å². The molecule has 2 N–H and O–H groups in total. The maximum atomic E-state index is 13.3. The summed E-state index contributed by atoms with van der Waals surface area (Å²) in [6, 6.07) is 17.2. The molecular formula is C28H26N2O5. The molecule has 178 valence electrons. The van der Waals surface area contributed by atoms with Crippen LogP contribution in [0.1, 0.15) is 36.8 Å². The molecule has 1 aliphatic rings. The van der Waals surface area contributed by atoms with Gasteiger partial charge in [-0.15, -0.1) is 0 Å². The number of aromatic amines is 1. The topological polar surface area (TPSA) is 95.8 Å². The van der Waals surface area contributed by atoms with Gasteiger partial charge >= 0.3 is 0 Å². The summed E-state index contributed by atoms with van der Waals surface area (Å²) in [5.41, 5.74) is 2.08. The summed E-state index contributed by atoms with van der Waals surface area (Å²) < 4.78 is 11.2. The molecule has 2 aromatic carbocycles. The fourth-order valence-corrected chi connectivity index (χ4v) is 4.38. The predicted molar refractivity (Wildman–Crippen MR) is 132 cm³/mol. The number of fused-ring (bicyclic) bond motifs is 1. The molecule has 1 saturated heterocycles. The van der Waals surface area contributed by atoms with Crippen LogP contribution in [0.15, 0.2) is 83.1 Å². The number of H-pyrrole nitrogens is 1. The number of aliphatic hydroxyl groups is 1. The number of amides is 1. The van der Waals surface area contributed by atoms with Crippen LogP contribution in [0, 0.1) is 5.92 Å². The molecule has 0 radical (unpaired) electrons. The number of nitrogens with zero attached hydrogens (tertiary/aromatic N) is 1. The second kappa shape index (κ2) is 9.18. The van der Waals surface area contributed by atoms with Crippen LogP contribution in [-0.2, 0) is 16.1 Å². The smallest absolute Gasteiger partial charge is 0.296 e. The van der Waals surface area contributed by atoms with Gasteiger partial charge in [0.05, 0.1) is 31.0 Å². The summed E-state index contributed by atoms with van der Waals surface area (Å²) in [5.74, 6) is -0.0509. The molecule has 2 aromatic heterocycles. The Balaban J connectivity index is 1.60. The maximum absolute atomic E-state index is 13.3. The minimum absolute atomic E-state index is 0.0437. The molecule has 1 atom stereocenters.